The third kappa shape index (κ3) is 13.0. The molecule has 6 aliphatic rings. The van der Waals surface area contributed by atoms with Crippen LogP contribution in [0.3, 0.4) is 0 Å². The minimum atomic E-state index is -1.04. The number of hydrogen-bond acceptors (Lipinski definition) is 11. The van der Waals surface area contributed by atoms with E-state index in [0.717, 1.165) is 81.1 Å². The molecule has 0 radical (unpaired) electrons. The molecular weight excluding hydrogens is 837 g/mol. The summed E-state index contributed by atoms with van der Waals surface area (Å²) >= 11 is 0. The molecule has 3 N–H and O–H groups in total. The molecule has 6 atom stereocenters. The summed E-state index contributed by atoms with van der Waals surface area (Å²) < 4.78 is 28.4. The largest absolute Gasteiger partial charge is 0.491 e. The molecule has 0 unspecified atom stereocenters. The van der Waals surface area contributed by atoms with Crippen molar-refractivity contribution in [3.05, 3.63) is 59.7 Å². The summed E-state index contributed by atoms with van der Waals surface area (Å²) in [5, 5.41) is 15.8. The molecule has 2 saturated carbocycles. The van der Waals surface area contributed by atoms with Crippen LogP contribution in [0.4, 0.5) is 0 Å². The van der Waals surface area contributed by atoms with Gasteiger partial charge in [0.2, 0.25) is 23.6 Å². The van der Waals surface area contributed by atoms with Crippen LogP contribution in [0.25, 0.3) is 0 Å². The first kappa shape index (κ1) is 47.7. The van der Waals surface area contributed by atoms with Crippen molar-refractivity contribution >= 4 is 35.6 Å². The van der Waals surface area contributed by atoms with E-state index in [1.807, 2.05) is 48.5 Å². The fourth-order valence-corrected chi connectivity index (χ4v) is 10.3. The number of fused-ring (bicyclic) bond motifs is 8. The second-order valence-corrected chi connectivity index (χ2v) is 18.2. The number of nitrogens with zero attached hydrogens (tertiary/aromatic N) is 2. The van der Waals surface area contributed by atoms with E-state index in [1.165, 1.54) is 12.0 Å². The van der Waals surface area contributed by atoms with Crippen molar-refractivity contribution in [3.8, 4) is 11.5 Å². The Morgan fingerprint density at radius 2 is 1.06 bits per heavy atom. The van der Waals surface area contributed by atoms with Crippen LogP contribution in [0.1, 0.15) is 101 Å². The molecule has 4 fully saturated rings. The number of aliphatic carboxylic acids is 1. The molecule has 16 nitrogen and oxygen atoms in total. The van der Waals surface area contributed by atoms with Crippen molar-refractivity contribution in [2.75, 3.05) is 46.6 Å². The summed E-state index contributed by atoms with van der Waals surface area (Å²) in [6.45, 7) is 1.87. The average molecular weight is 903 g/mol. The van der Waals surface area contributed by atoms with Gasteiger partial charge in [0.15, 0.2) is 0 Å². The molecule has 16 heteroatoms. The van der Waals surface area contributed by atoms with E-state index in [9.17, 15) is 33.9 Å². The van der Waals surface area contributed by atoms with Gasteiger partial charge in [-0.25, -0.2) is 9.59 Å². The van der Waals surface area contributed by atoms with E-state index in [1.54, 1.807) is 4.90 Å². The number of aryl methyl sites for hydroxylation is 2. The van der Waals surface area contributed by atoms with Gasteiger partial charge in [0.1, 0.15) is 48.9 Å². The van der Waals surface area contributed by atoms with Gasteiger partial charge in [-0.1, -0.05) is 62.8 Å². The van der Waals surface area contributed by atoms with Crippen molar-refractivity contribution in [1.29, 1.82) is 0 Å². The van der Waals surface area contributed by atoms with Gasteiger partial charge < -0.3 is 49.2 Å². The predicted molar refractivity (Wildman–Crippen MR) is 237 cm³/mol. The van der Waals surface area contributed by atoms with Gasteiger partial charge in [-0.05, 0) is 85.8 Å². The number of nitrogens with one attached hydrogen (secondary N) is 2. The quantitative estimate of drug-likeness (QED) is 0.367. The lowest BCUT2D eigenvalue weighted by molar-refractivity contribution is -0.152. The van der Waals surface area contributed by atoms with Gasteiger partial charge in [-0.3, -0.25) is 19.2 Å². The van der Waals surface area contributed by atoms with E-state index < -0.39 is 36.1 Å². The number of carboxylic acids is 1. The number of carbonyl (C=O) groups excluding carboxylic acids is 5. The van der Waals surface area contributed by atoms with Crippen LogP contribution in [-0.2, 0) is 55.8 Å². The third-order valence-corrected chi connectivity index (χ3v) is 13.7. The first-order valence-electron chi connectivity index (χ1n) is 23.7. The number of esters is 1. The molecule has 0 aromatic heterocycles. The van der Waals surface area contributed by atoms with Crippen molar-refractivity contribution in [2.24, 2.45) is 11.8 Å². The number of hydrogen-bond donors (Lipinski definition) is 3. The summed E-state index contributed by atoms with van der Waals surface area (Å²) in [6, 6.07) is 12.4. The normalized spacial score (nSPS) is 27.8. The third-order valence-electron chi connectivity index (χ3n) is 13.7. The minimum Gasteiger partial charge on any atom is -0.491 e. The fraction of sp³-hybridized carbons (Fsp3) is 0.633. The highest BCUT2D eigenvalue weighted by Gasteiger charge is 2.46. The summed E-state index contributed by atoms with van der Waals surface area (Å²) in [4.78, 5) is 80.4. The smallest absolute Gasteiger partial charge is 0.328 e. The predicted octanol–water partition coefficient (Wildman–Crippen LogP) is 4.38. The van der Waals surface area contributed by atoms with Crippen molar-refractivity contribution in [1.82, 2.24) is 20.4 Å². The lowest BCUT2D eigenvalue weighted by Gasteiger charge is -2.34. The maximum absolute atomic E-state index is 13.7. The topological polar surface area (TPSA) is 199 Å². The summed E-state index contributed by atoms with van der Waals surface area (Å²) in [7, 11) is 1.33. The number of rotatable bonds is 4. The molecular formula is C49H66N4O12. The van der Waals surface area contributed by atoms with Crippen LogP contribution in [0.2, 0.25) is 0 Å². The van der Waals surface area contributed by atoms with E-state index in [4.69, 9.17) is 23.7 Å². The first-order chi connectivity index (χ1) is 31.6. The molecule has 4 heterocycles. The van der Waals surface area contributed by atoms with Crippen LogP contribution in [0, 0.1) is 11.8 Å². The molecule has 8 bridgehead atoms. The van der Waals surface area contributed by atoms with Crippen LogP contribution < -0.4 is 20.1 Å². The highest BCUT2D eigenvalue weighted by molar-refractivity contribution is 5.92. The van der Waals surface area contributed by atoms with Crippen molar-refractivity contribution in [2.45, 2.75) is 139 Å². The Balaban J connectivity index is 0.000000194. The maximum Gasteiger partial charge on any atom is 0.328 e. The molecule has 4 amide bonds. The van der Waals surface area contributed by atoms with Gasteiger partial charge in [0.05, 0.1) is 32.5 Å². The Bertz CT molecular complexity index is 1970. The molecule has 354 valence electrons. The molecule has 4 aliphatic heterocycles. The van der Waals surface area contributed by atoms with E-state index >= 15 is 0 Å². The molecule has 8 rings (SSSR count). The molecule has 0 spiro atoms. The van der Waals surface area contributed by atoms with Gasteiger partial charge in [0.25, 0.3) is 0 Å². The number of amides is 4. The Labute approximate surface area is 381 Å². The lowest BCUT2D eigenvalue weighted by atomic mass is 9.83. The number of carbonyl (C=O) groups is 6. The standard InChI is InChI=1S/C25H34N2O6.C24H32N2O6/c1-31-25(30)21-15-20-16-27(21)24(29)23(18-7-3-2-4-8-18)26-22(28)11-10-17-6-5-9-19(14-17)32-12-13-33-20;27-21-10-9-16-5-4-8-18(13-16)31-11-12-32-19-14-20(24(29)30)26(15-19)23(28)22(25-21)17-6-2-1-3-7-17/h5-6,9,14,18,20-21,23H,2-4,7-8,10-13,15-16H2,1H3,(H,26,28);4-5,8,13,17,19-20,22H,1-3,6-7,9-12,14-15H2,(H,25,27)(H,29,30)/t20-,21+,23+;19-,20+,22+/m11/s1. The second-order valence-electron chi connectivity index (χ2n) is 18.2. The monoisotopic (exact) mass is 902 g/mol. The minimum absolute atomic E-state index is 0.0326. The van der Waals surface area contributed by atoms with Crippen LogP contribution >= 0.6 is 0 Å². The molecule has 2 saturated heterocycles. The summed E-state index contributed by atoms with van der Waals surface area (Å²) in [5.41, 5.74) is 1.99. The molecule has 2 aromatic carbocycles. The zero-order chi connectivity index (χ0) is 45.7. The maximum atomic E-state index is 13.7. The second kappa shape index (κ2) is 23.3. The molecule has 2 aliphatic carbocycles. The van der Waals surface area contributed by atoms with Crippen LogP contribution in [0.15, 0.2) is 48.5 Å². The Hall–Kier alpha value is -5.22. The molecule has 65 heavy (non-hydrogen) atoms. The Kier molecular flexibility index (Phi) is 17.1. The Morgan fingerprint density at radius 3 is 1.51 bits per heavy atom. The average Bonchev–Trinajstić information content (AvgIpc) is 3.97. The van der Waals surface area contributed by atoms with E-state index in [-0.39, 0.29) is 73.5 Å². The number of methoxy groups -OCH3 is 1. The van der Waals surface area contributed by atoms with Gasteiger partial charge in [0, 0.05) is 38.8 Å². The van der Waals surface area contributed by atoms with Crippen molar-refractivity contribution in [3.63, 3.8) is 0 Å². The van der Waals surface area contributed by atoms with Crippen LogP contribution in [-0.4, -0.2) is 133 Å². The molecule has 2 aromatic rings. The van der Waals surface area contributed by atoms with Crippen molar-refractivity contribution < 1.29 is 57.6 Å². The van der Waals surface area contributed by atoms with E-state index in [0.29, 0.717) is 58.0 Å². The van der Waals surface area contributed by atoms with Gasteiger partial charge in [-0.2, -0.15) is 0 Å². The highest BCUT2D eigenvalue weighted by Crippen LogP contribution is 2.32. The van der Waals surface area contributed by atoms with E-state index in [2.05, 4.69) is 10.6 Å². The van der Waals surface area contributed by atoms with Crippen LogP contribution in [0.5, 0.6) is 11.5 Å². The SMILES string of the molecule is COC(=O)[C@@H]1C[C@@H]2CN1C(=O)[C@H](C1CCCCC1)NC(=O)CCc1cccc(c1)OCCO2.O=C1CCc2cccc(c2)OCCO[C@@H]2C[C@@H](C(=O)O)N(C2)C(=O)[C@H](C2CCCCC2)N1. The summed E-state index contributed by atoms with van der Waals surface area (Å²) in [6.07, 6.45) is 11.5. The number of carboxylic acid groups (broad SMARTS) is 1. The Morgan fingerprint density at radius 1 is 0.615 bits per heavy atom. The fourth-order valence-electron chi connectivity index (χ4n) is 10.3. The number of ether oxygens (including phenoxy) is 5. The zero-order valence-corrected chi connectivity index (χ0v) is 37.6. The number of benzene rings is 2. The van der Waals surface area contributed by atoms with Gasteiger partial charge >= 0.3 is 11.9 Å². The first-order valence-corrected chi connectivity index (χ1v) is 23.7. The zero-order valence-electron chi connectivity index (χ0n) is 37.6. The highest BCUT2D eigenvalue weighted by atomic mass is 16.5. The van der Waals surface area contributed by atoms with Gasteiger partial charge in [-0.15, -0.1) is 0 Å². The summed E-state index contributed by atoms with van der Waals surface area (Å²) in [5.74, 6) is -0.781. The lowest BCUT2D eigenvalue weighted by Crippen LogP contribution is -2.55.